The Morgan fingerprint density at radius 3 is 2.58 bits per heavy atom. The number of likely N-dealkylation sites (N-methyl/N-ethyl adjacent to an activating group) is 1. The minimum atomic E-state index is 0.0363. The Kier molecular flexibility index (Phi) is 4.15. The van der Waals surface area contributed by atoms with Crippen LogP contribution in [0.5, 0.6) is 5.75 Å². The third kappa shape index (κ3) is 2.68. The molecule has 7 heteroatoms. The van der Waals surface area contributed by atoms with E-state index in [2.05, 4.69) is 16.8 Å². The molecule has 0 spiro atoms. The van der Waals surface area contributed by atoms with Gasteiger partial charge in [-0.1, -0.05) is 23.2 Å². The number of likely N-dealkylation sites (tertiary alicyclic amines) is 1. The molecule has 0 aromatic heterocycles. The Morgan fingerprint density at radius 1 is 1.12 bits per heavy atom. The van der Waals surface area contributed by atoms with Crippen LogP contribution in [0.15, 0.2) is 12.1 Å². The summed E-state index contributed by atoms with van der Waals surface area (Å²) in [6, 6.07) is 3.87. The van der Waals surface area contributed by atoms with Crippen molar-refractivity contribution in [3.63, 3.8) is 0 Å². The van der Waals surface area contributed by atoms with Crippen molar-refractivity contribution in [3.8, 4) is 5.75 Å². The van der Waals surface area contributed by atoms with Crippen molar-refractivity contribution < 1.29 is 9.90 Å². The van der Waals surface area contributed by atoms with Gasteiger partial charge < -0.3 is 14.9 Å². The van der Waals surface area contributed by atoms with Gasteiger partial charge in [0.25, 0.3) is 0 Å². The number of amides is 1. The van der Waals surface area contributed by atoms with E-state index >= 15 is 0 Å². The number of fused-ring (bicyclic) bond motifs is 1. The number of benzene rings is 1. The van der Waals surface area contributed by atoms with Crippen LogP contribution in [0, 0.1) is 0 Å². The average Bonchev–Trinajstić information content (AvgIpc) is 2.92. The molecule has 1 N–H and O–H groups in total. The Labute approximate surface area is 151 Å². The van der Waals surface area contributed by atoms with Gasteiger partial charge in [0.15, 0.2) is 0 Å². The van der Waals surface area contributed by atoms with Crippen LogP contribution >= 0.6 is 23.2 Å². The molecule has 4 rings (SSSR count). The van der Waals surface area contributed by atoms with Crippen LogP contribution in [0.2, 0.25) is 10.0 Å². The van der Waals surface area contributed by atoms with E-state index in [1.54, 1.807) is 12.1 Å². The molecular formula is C17H21Cl2N3O2. The molecule has 3 heterocycles. The van der Waals surface area contributed by atoms with Crippen LogP contribution in [-0.2, 0) is 4.79 Å². The van der Waals surface area contributed by atoms with Crippen LogP contribution in [0.1, 0.15) is 17.9 Å². The fourth-order valence-electron chi connectivity index (χ4n) is 4.32. The number of rotatable bonds is 2. The smallest absolute Gasteiger partial charge is 0.237 e. The zero-order valence-corrected chi connectivity index (χ0v) is 15.1. The molecule has 5 nitrogen and oxygen atoms in total. The van der Waals surface area contributed by atoms with Crippen molar-refractivity contribution in [2.24, 2.45) is 0 Å². The first-order valence-corrected chi connectivity index (χ1v) is 9.08. The summed E-state index contributed by atoms with van der Waals surface area (Å²) in [6.07, 6.45) is 0.818. The van der Waals surface area contributed by atoms with Gasteiger partial charge in [-0.25, -0.2) is 0 Å². The highest BCUT2D eigenvalue weighted by Gasteiger charge is 2.44. The molecular weight excluding hydrogens is 349 g/mol. The Bertz CT molecular complexity index is 678. The fourth-order valence-corrected chi connectivity index (χ4v) is 4.80. The molecule has 0 unspecified atom stereocenters. The SMILES string of the molecule is CN1CC(N2CC(=O)N3C[C@@H](c4c(O)ccc(Cl)c4Cl)C[C@H]3C2)C1. The zero-order valence-electron chi connectivity index (χ0n) is 13.6. The first kappa shape index (κ1) is 16.5. The van der Waals surface area contributed by atoms with Crippen molar-refractivity contribution >= 4 is 29.1 Å². The number of phenolic OH excluding ortho intramolecular Hbond substituents is 1. The lowest BCUT2D eigenvalue weighted by Gasteiger charge is -2.47. The van der Waals surface area contributed by atoms with Gasteiger partial charge in [-0.05, 0) is 25.6 Å². The highest BCUT2D eigenvalue weighted by Crippen LogP contribution is 2.43. The van der Waals surface area contributed by atoms with Gasteiger partial charge >= 0.3 is 0 Å². The summed E-state index contributed by atoms with van der Waals surface area (Å²) in [5.41, 5.74) is 0.682. The molecule has 130 valence electrons. The summed E-state index contributed by atoms with van der Waals surface area (Å²) in [6.45, 7) is 4.07. The minimum absolute atomic E-state index is 0.0363. The quantitative estimate of drug-likeness (QED) is 0.865. The van der Waals surface area contributed by atoms with Gasteiger partial charge in [-0.2, -0.15) is 0 Å². The second-order valence-electron chi connectivity index (χ2n) is 7.23. The monoisotopic (exact) mass is 369 g/mol. The van der Waals surface area contributed by atoms with Crippen molar-refractivity contribution in [3.05, 3.63) is 27.7 Å². The van der Waals surface area contributed by atoms with Gasteiger partial charge in [0.05, 0.1) is 16.6 Å². The lowest BCUT2D eigenvalue weighted by Crippen LogP contribution is -2.64. The number of piperazine rings is 1. The lowest BCUT2D eigenvalue weighted by molar-refractivity contribution is -0.140. The highest BCUT2D eigenvalue weighted by atomic mass is 35.5. The van der Waals surface area contributed by atoms with Gasteiger partial charge in [0.2, 0.25) is 5.91 Å². The molecule has 3 aliphatic heterocycles. The summed E-state index contributed by atoms with van der Waals surface area (Å²) in [5, 5.41) is 11.1. The molecule has 3 saturated heterocycles. The maximum atomic E-state index is 12.6. The van der Waals surface area contributed by atoms with Gasteiger partial charge in [0.1, 0.15) is 5.75 Å². The number of hydrogen-bond acceptors (Lipinski definition) is 4. The largest absolute Gasteiger partial charge is 0.508 e. The molecule has 1 amide bonds. The summed E-state index contributed by atoms with van der Waals surface area (Å²) in [5.74, 6) is 0.384. The average molecular weight is 370 g/mol. The summed E-state index contributed by atoms with van der Waals surface area (Å²) >= 11 is 12.4. The lowest BCUT2D eigenvalue weighted by atomic mass is 9.94. The minimum Gasteiger partial charge on any atom is -0.508 e. The standard InChI is InChI=1S/C17H21Cl2N3O2/c1-20-6-12(7-20)21-8-11-4-10(5-22(11)15(24)9-21)16-14(23)3-2-13(18)17(16)19/h2-3,10-12,23H,4-9H2,1H3/t10-,11-/m0/s1. The third-order valence-corrected chi connectivity index (χ3v) is 6.42. The molecule has 3 aliphatic rings. The van der Waals surface area contributed by atoms with Gasteiger partial charge in [0, 0.05) is 49.7 Å². The van der Waals surface area contributed by atoms with E-state index in [-0.39, 0.29) is 23.6 Å². The summed E-state index contributed by atoms with van der Waals surface area (Å²) in [7, 11) is 2.10. The van der Waals surface area contributed by atoms with E-state index in [4.69, 9.17) is 23.2 Å². The maximum Gasteiger partial charge on any atom is 0.237 e. The van der Waals surface area contributed by atoms with Crippen LogP contribution in [-0.4, -0.2) is 77.6 Å². The number of nitrogens with zero attached hydrogens (tertiary/aromatic N) is 3. The van der Waals surface area contributed by atoms with E-state index in [1.165, 1.54) is 0 Å². The van der Waals surface area contributed by atoms with Crippen LogP contribution in [0.3, 0.4) is 0 Å². The second-order valence-corrected chi connectivity index (χ2v) is 8.02. The Balaban J connectivity index is 1.53. The molecule has 0 bridgehead atoms. The van der Waals surface area contributed by atoms with E-state index in [9.17, 15) is 9.90 Å². The van der Waals surface area contributed by atoms with Crippen molar-refractivity contribution in [2.75, 3.05) is 39.8 Å². The first-order chi connectivity index (χ1) is 11.4. The van der Waals surface area contributed by atoms with Crippen LogP contribution in [0.4, 0.5) is 0 Å². The van der Waals surface area contributed by atoms with Crippen molar-refractivity contribution in [1.82, 2.24) is 14.7 Å². The number of carbonyl (C=O) groups excluding carboxylic acids is 1. The molecule has 24 heavy (non-hydrogen) atoms. The van der Waals surface area contributed by atoms with Gasteiger partial charge in [-0.15, -0.1) is 0 Å². The number of hydrogen-bond donors (Lipinski definition) is 1. The predicted molar refractivity (Wildman–Crippen MR) is 93.8 cm³/mol. The molecule has 2 atom stereocenters. The predicted octanol–water partition coefficient (Wildman–Crippen LogP) is 2.01. The van der Waals surface area contributed by atoms with Crippen LogP contribution < -0.4 is 0 Å². The Morgan fingerprint density at radius 2 is 1.88 bits per heavy atom. The van der Waals surface area contributed by atoms with Crippen LogP contribution in [0.25, 0.3) is 0 Å². The van der Waals surface area contributed by atoms with Gasteiger partial charge in [-0.3, -0.25) is 9.69 Å². The van der Waals surface area contributed by atoms with E-state index in [0.717, 1.165) is 26.1 Å². The normalized spacial score (nSPS) is 29.0. The summed E-state index contributed by atoms with van der Waals surface area (Å²) in [4.78, 5) is 19.1. The second kappa shape index (κ2) is 6.06. The fraction of sp³-hybridized carbons (Fsp3) is 0.588. The summed E-state index contributed by atoms with van der Waals surface area (Å²) < 4.78 is 0. The Hall–Kier alpha value is -1.01. The van der Waals surface area contributed by atoms with E-state index in [1.807, 2.05) is 4.90 Å². The first-order valence-electron chi connectivity index (χ1n) is 8.33. The molecule has 1 aromatic carbocycles. The maximum absolute atomic E-state index is 12.6. The van der Waals surface area contributed by atoms with Crippen molar-refractivity contribution in [2.45, 2.75) is 24.4 Å². The third-order valence-electron chi connectivity index (χ3n) is 5.60. The number of halogens is 2. The number of carbonyl (C=O) groups is 1. The number of aromatic hydroxyl groups is 1. The zero-order chi connectivity index (χ0) is 17.0. The molecule has 3 fully saturated rings. The topological polar surface area (TPSA) is 47.0 Å². The van der Waals surface area contributed by atoms with E-state index in [0.29, 0.717) is 34.7 Å². The molecule has 0 aliphatic carbocycles. The highest BCUT2D eigenvalue weighted by molar-refractivity contribution is 6.42. The number of phenols is 1. The molecule has 1 aromatic rings. The molecule has 0 radical (unpaired) electrons. The van der Waals surface area contributed by atoms with Crippen molar-refractivity contribution in [1.29, 1.82) is 0 Å². The van der Waals surface area contributed by atoms with E-state index < -0.39 is 0 Å². The molecule has 0 saturated carbocycles.